The Morgan fingerprint density at radius 2 is 1.95 bits per heavy atom. The predicted octanol–water partition coefficient (Wildman–Crippen LogP) is 2.03. The first-order valence-corrected chi connectivity index (χ1v) is 5.92. The van der Waals surface area contributed by atoms with E-state index in [4.69, 9.17) is 5.11 Å². The maximum atomic E-state index is 13.7. The SMILES string of the molecule is CC(C(=O)O)C1CN(c2c(F)cc([N+](=O)[O-])cc2F)C1. The molecule has 0 aromatic heterocycles. The number of halogens is 2. The fourth-order valence-corrected chi connectivity index (χ4v) is 2.17. The normalized spacial score (nSPS) is 16.6. The second kappa shape index (κ2) is 5.03. The van der Waals surface area contributed by atoms with Gasteiger partial charge in [-0.15, -0.1) is 0 Å². The van der Waals surface area contributed by atoms with Gasteiger partial charge in [0.05, 0.1) is 23.0 Å². The zero-order valence-corrected chi connectivity index (χ0v) is 10.5. The molecule has 1 aromatic rings. The standard InChI is InChI=1S/C12H12F2N2O4/c1-6(12(17)18)7-4-15(5-7)11-9(13)2-8(16(19)20)3-10(11)14/h2-3,6-7H,4-5H2,1H3,(H,17,18). The lowest BCUT2D eigenvalue weighted by Crippen LogP contribution is -2.51. The molecular weight excluding hydrogens is 274 g/mol. The number of nitrogens with zero attached hydrogens (tertiary/aromatic N) is 2. The summed E-state index contributed by atoms with van der Waals surface area (Å²) in [7, 11) is 0. The van der Waals surface area contributed by atoms with E-state index in [-0.39, 0.29) is 24.7 Å². The van der Waals surface area contributed by atoms with E-state index in [1.54, 1.807) is 0 Å². The first kappa shape index (κ1) is 14.2. The molecule has 1 saturated heterocycles. The van der Waals surface area contributed by atoms with Crippen LogP contribution in [0.4, 0.5) is 20.2 Å². The van der Waals surface area contributed by atoms with Crippen LogP contribution in [0.1, 0.15) is 6.92 Å². The van der Waals surface area contributed by atoms with Crippen LogP contribution in [0, 0.1) is 33.6 Å². The van der Waals surface area contributed by atoms with Crippen molar-refractivity contribution in [2.45, 2.75) is 6.92 Å². The Morgan fingerprint density at radius 3 is 2.35 bits per heavy atom. The van der Waals surface area contributed by atoms with Gasteiger partial charge in [-0.25, -0.2) is 8.78 Å². The number of carboxylic acids is 1. The molecule has 0 aliphatic carbocycles. The first-order chi connectivity index (χ1) is 9.31. The molecule has 6 nitrogen and oxygen atoms in total. The van der Waals surface area contributed by atoms with Gasteiger partial charge in [-0.2, -0.15) is 0 Å². The van der Waals surface area contributed by atoms with Crippen LogP contribution in [0.25, 0.3) is 0 Å². The number of benzene rings is 1. The van der Waals surface area contributed by atoms with Gasteiger partial charge in [-0.1, -0.05) is 6.92 Å². The van der Waals surface area contributed by atoms with Crippen molar-refractivity contribution in [3.8, 4) is 0 Å². The maximum absolute atomic E-state index is 13.7. The van der Waals surface area contributed by atoms with Crippen LogP contribution < -0.4 is 4.90 Å². The minimum atomic E-state index is -1.02. The smallest absolute Gasteiger partial charge is 0.306 e. The number of nitro benzene ring substituents is 1. The summed E-state index contributed by atoms with van der Waals surface area (Å²) in [5.41, 5.74) is -0.996. The van der Waals surface area contributed by atoms with E-state index in [2.05, 4.69) is 0 Å². The third-order valence-corrected chi connectivity index (χ3v) is 3.54. The minimum absolute atomic E-state index is 0.193. The largest absolute Gasteiger partial charge is 0.481 e. The van der Waals surface area contributed by atoms with E-state index in [1.165, 1.54) is 11.8 Å². The number of hydrogen-bond acceptors (Lipinski definition) is 4. The Balaban J connectivity index is 2.16. The van der Waals surface area contributed by atoms with E-state index in [0.717, 1.165) is 0 Å². The van der Waals surface area contributed by atoms with Gasteiger partial charge in [0, 0.05) is 19.0 Å². The van der Waals surface area contributed by atoms with Crippen molar-refractivity contribution >= 4 is 17.3 Å². The van der Waals surface area contributed by atoms with Gasteiger partial charge >= 0.3 is 5.97 Å². The molecule has 0 radical (unpaired) electrons. The monoisotopic (exact) mass is 286 g/mol. The van der Waals surface area contributed by atoms with Crippen LogP contribution in [0.15, 0.2) is 12.1 Å². The Kier molecular flexibility index (Phi) is 3.56. The summed E-state index contributed by atoms with van der Waals surface area (Å²) in [6.07, 6.45) is 0. The zero-order valence-electron chi connectivity index (χ0n) is 10.5. The zero-order chi connectivity index (χ0) is 15.0. The molecule has 1 aromatic carbocycles. The summed E-state index contributed by atoms with van der Waals surface area (Å²) >= 11 is 0. The topological polar surface area (TPSA) is 83.7 Å². The average Bonchev–Trinajstić information content (AvgIpc) is 2.29. The summed E-state index contributed by atoms with van der Waals surface area (Å²) in [6, 6.07) is 1.32. The molecule has 0 spiro atoms. The van der Waals surface area contributed by atoms with Crippen LogP contribution in [0.2, 0.25) is 0 Å². The summed E-state index contributed by atoms with van der Waals surface area (Å²) < 4.78 is 27.5. The van der Waals surface area contributed by atoms with E-state index in [1.807, 2.05) is 0 Å². The number of aliphatic carboxylic acids is 1. The Bertz CT molecular complexity index is 550. The maximum Gasteiger partial charge on any atom is 0.306 e. The molecule has 0 saturated carbocycles. The molecule has 0 amide bonds. The minimum Gasteiger partial charge on any atom is -0.481 e. The van der Waals surface area contributed by atoms with Crippen molar-refractivity contribution in [3.63, 3.8) is 0 Å². The van der Waals surface area contributed by atoms with Crippen molar-refractivity contribution in [2.24, 2.45) is 11.8 Å². The van der Waals surface area contributed by atoms with Crippen molar-refractivity contribution < 1.29 is 23.6 Å². The van der Waals surface area contributed by atoms with Crippen LogP contribution in [-0.4, -0.2) is 29.1 Å². The Hall–Kier alpha value is -2.25. The van der Waals surface area contributed by atoms with Gasteiger partial charge < -0.3 is 10.0 Å². The molecule has 1 atom stereocenters. The Morgan fingerprint density at radius 1 is 1.45 bits per heavy atom. The number of non-ortho nitro benzene ring substituents is 1. The highest BCUT2D eigenvalue weighted by atomic mass is 19.1. The summed E-state index contributed by atoms with van der Waals surface area (Å²) in [6.45, 7) is 1.95. The van der Waals surface area contributed by atoms with Gasteiger partial charge in [-0.05, 0) is 0 Å². The van der Waals surface area contributed by atoms with E-state index in [0.29, 0.717) is 12.1 Å². The van der Waals surface area contributed by atoms with E-state index < -0.39 is 34.1 Å². The van der Waals surface area contributed by atoms with Crippen LogP contribution >= 0.6 is 0 Å². The molecule has 1 aliphatic rings. The summed E-state index contributed by atoms with van der Waals surface area (Å²) in [5.74, 6) is -3.78. The molecule has 2 rings (SSSR count). The number of nitro groups is 1. The van der Waals surface area contributed by atoms with Crippen LogP contribution in [-0.2, 0) is 4.79 Å². The predicted molar refractivity (Wildman–Crippen MR) is 65.5 cm³/mol. The lowest BCUT2D eigenvalue weighted by molar-refractivity contribution is -0.385. The highest BCUT2D eigenvalue weighted by Gasteiger charge is 2.37. The summed E-state index contributed by atoms with van der Waals surface area (Å²) in [5, 5.41) is 19.3. The summed E-state index contributed by atoms with van der Waals surface area (Å²) in [4.78, 5) is 21.7. The molecule has 1 fully saturated rings. The highest BCUT2D eigenvalue weighted by molar-refractivity contribution is 5.70. The number of carbonyl (C=O) groups is 1. The molecule has 0 bridgehead atoms. The molecule has 20 heavy (non-hydrogen) atoms. The quantitative estimate of drug-likeness (QED) is 0.676. The number of rotatable bonds is 4. The van der Waals surface area contributed by atoms with Crippen LogP contribution in [0.3, 0.4) is 0 Å². The molecule has 1 N–H and O–H groups in total. The van der Waals surface area contributed by atoms with Crippen molar-refractivity contribution in [1.82, 2.24) is 0 Å². The molecule has 8 heteroatoms. The molecule has 1 unspecified atom stereocenters. The second-order valence-electron chi connectivity index (χ2n) is 4.81. The van der Waals surface area contributed by atoms with Crippen molar-refractivity contribution in [3.05, 3.63) is 33.9 Å². The van der Waals surface area contributed by atoms with Gasteiger partial charge in [0.25, 0.3) is 5.69 Å². The van der Waals surface area contributed by atoms with Gasteiger partial charge in [0.2, 0.25) is 0 Å². The van der Waals surface area contributed by atoms with Crippen molar-refractivity contribution in [2.75, 3.05) is 18.0 Å². The number of anilines is 1. The molecule has 1 heterocycles. The number of carboxylic acid groups (broad SMARTS) is 1. The molecule has 1 aliphatic heterocycles. The lowest BCUT2D eigenvalue weighted by atomic mass is 9.86. The average molecular weight is 286 g/mol. The highest BCUT2D eigenvalue weighted by Crippen LogP contribution is 2.34. The molecule has 108 valence electrons. The number of hydrogen-bond donors (Lipinski definition) is 1. The fraction of sp³-hybridized carbons (Fsp3) is 0.417. The second-order valence-corrected chi connectivity index (χ2v) is 4.81. The third kappa shape index (κ3) is 2.40. The lowest BCUT2D eigenvalue weighted by Gasteiger charge is -2.42. The first-order valence-electron chi connectivity index (χ1n) is 5.92. The van der Waals surface area contributed by atoms with Gasteiger partial charge in [-0.3, -0.25) is 14.9 Å². The third-order valence-electron chi connectivity index (χ3n) is 3.54. The van der Waals surface area contributed by atoms with Crippen molar-refractivity contribution in [1.29, 1.82) is 0 Å². The van der Waals surface area contributed by atoms with Crippen LogP contribution in [0.5, 0.6) is 0 Å². The molecular formula is C12H12F2N2O4. The van der Waals surface area contributed by atoms with E-state index >= 15 is 0 Å². The van der Waals surface area contributed by atoms with E-state index in [9.17, 15) is 23.7 Å². The van der Waals surface area contributed by atoms with Gasteiger partial charge in [0.1, 0.15) is 5.69 Å². The Labute approximate surface area is 112 Å². The van der Waals surface area contributed by atoms with Gasteiger partial charge in [0.15, 0.2) is 11.6 Å². The fourth-order valence-electron chi connectivity index (χ4n) is 2.17.